The van der Waals surface area contributed by atoms with Gasteiger partial charge in [-0.15, -0.1) is 0 Å². The van der Waals surface area contributed by atoms with Crippen molar-refractivity contribution in [2.75, 3.05) is 0 Å². The molecule has 1 atom stereocenters. The van der Waals surface area contributed by atoms with E-state index < -0.39 is 0 Å². The second kappa shape index (κ2) is 4.92. The van der Waals surface area contributed by atoms with Gasteiger partial charge in [-0.1, -0.05) is 42.1 Å². The Balaban J connectivity index is 1.86. The molecule has 1 aromatic heterocycles. The lowest BCUT2D eigenvalue weighted by molar-refractivity contribution is 0.673. The molecule has 0 radical (unpaired) electrons. The minimum atomic E-state index is 0.579. The second-order valence-corrected chi connectivity index (χ2v) is 5.59. The summed E-state index contributed by atoms with van der Waals surface area (Å²) in [5.74, 6) is 0. The molecule has 2 heteroatoms. The summed E-state index contributed by atoms with van der Waals surface area (Å²) in [6.45, 7) is 0. The number of aryl methyl sites for hydroxylation is 1. The van der Waals surface area contributed by atoms with E-state index in [1.54, 1.807) is 0 Å². The van der Waals surface area contributed by atoms with E-state index in [1.807, 2.05) is 24.0 Å². The van der Waals surface area contributed by atoms with Gasteiger partial charge in [0.1, 0.15) is 0 Å². The molecule has 1 heterocycles. The molecular formula is C15H15NS. The third-order valence-electron chi connectivity index (χ3n) is 3.22. The van der Waals surface area contributed by atoms with Crippen LogP contribution < -0.4 is 0 Å². The third-order valence-corrected chi connectivity index (χ3v) is 4.47. The Hall–Kier alpha value is -1.28. The number of aromatic nitrogens is 1. The summed E-state index contributed by atoms with van der Waals surface area (Å²) in [7, 11) is 0. The maximum atomic E-state index is 4.41. The van der Waals surface area contributed by atoms with Gasteiger partial charge in [-0.2, -0.15) is 0 Å². The van der Waals surface area contributed by atoms with Crippen LogP contribution in [0.25, 0.3) is 0 Å². The average Bonchev–Trinajstić information content (AvgIpc) is 2.40. The molecule has 1 aromatic carbocycles. The van der Waals surface area contributed by atoms with Crippen LogP contribution in [0.15, 0.2) is 53.7 Å². The summed E-state index contributed by atoms with van der Waals surface area (Å²) in [4.78, 5) is 4.41. The highest BCUT2D eigenvalue weighted by Crippen LogP contribution is 2.42. The Morgan fingerprint density at radius 2 is 1.94 bits per heavy atom. The van der Waals surface area contributed by atoms with E-state index in [-0.39, 0.29) is 0 Å². The van der Waals surface area contributed by atoms with Crippen LogP contribution in [0.5, 0.6) is 0 Å². The first kappa shape index (κ1) is 10.8. The number of benzene rings is 1. The highest BCUT2D eigenvalue weighted by Gasteiger charge is 2.20. The predicted octanol–water partition coefficient (Wildman–Crippen LogP) is 4.25. The molecule has 1 unspecified atom stereocenters. The molecule has 0 N–H and O–H groups in total. The van der Waals surface area contributed by atoms with E-state index >= 15 is 0 Å². The van der Waals surface area contributed by atoms with Crippen LogP contribution in [-0.2, 0) is 6.42 Å². The van der Waals surface area contributed by atoms with Crippen molar-refractivity contribution in [3.8, 4) is 0 Å². The lowest BCUT2D eigenvalue weighted by Gasteiger charge is -2.24. The zero-order chi connectivity index (χ0) is 11.5. The van der Waals surface area contributed by atoms with Gasteiger partial charge in [0.25, 0.3) is 0 Å². The number of thioether (sulfide) groups is 1. The number of rotatable bonds is 2. The molecule has 0 amide bonds. The SMILES string of the molecule is c1ccc(SC2CCCc3ccccc32)nc1. The van der Waals surface area contributed by atoms with Crippen LogP contribution in [-0.4, -0.2) is 4.98 Å². The average molecular weight is 241 g/mol. The fraction of sp³-hybridized carbons (Fsp3) is 0.267. The Morgan fingerprint density at radius 1 is 1.06 bits per heavy atom. The number of hydrogen-bond donors (Lipinski definition) is 0. The molecule has 3 rings (SSSR count). The summed E-state index contributed by atoms with van der Waals surface area (Å²) in [6, 6.07) is 15.0. The van der Waals surface area contributed by atoms with Gasteiger partial charge in [-0.05, 0) is 42.5 Å². The van der Waals surface area contributed by atoms with E-state index in [1.165, 1.54) is 30.4 Å². The lowest BCUT2D eigenvalue weighted by Crippen LogP contribution is -2.06. The Labute approximate surface area is 106 Å². The molecule has 0 bridgehead atoms. The highest BCUT2D eigenvalue weighted by molar-refractivity contribution is 7.99. The van der Waals surface area contributed by atoms with Crippen LogP contribution in [0.1, 0.15) is 29.2 Å². The quantitative estimate of drug-likeness (QED) is 0.779. The second-order valence-electron chi connectivity index (χ2n) is 4.37. The van der Waals surface area contributed by atoms with Gasteiger partial charge in [-0.3, -0.25) is 0 Å². The van der Waals surface area contributed by atoms with E-state index in [9.17, 15) is 0 Å². The minimum absolute atomic E-state index is 0.579. The summed E-state index contributed by atoms with van der Waals surface area (Å²) >= 11 is 1.90. The van der Waals surface area contributed by atoms with Gasteiger partial charge in [0.05, 0.1) is 5.03 Å². The van der Waals surface area contributed by atoms with Crippen LogP contribution in [0.4, 0.5) is 0 Å². The summed E-state index contributed by atoms with van der Waals surface area (Å²) in [5.41, 5.74) is 3.03. The van der Waals surface area contributed by atoms with E-state index in [4.69, 9.17) is 0 Å². The lowest BCUT2D eigenvalue weighted by atomic mass is 9.91. The van der Waals surface area contributed by atoms with E-state index in [0.29, 0.717) is 5.25 Å². The van der Waals surface area contributed by atoms with Crippen LogP contribution in [0, 0.1) is 0 Å². The molecule has 0 spiro atoms. The van der Waals surface area contributed by atoms with Gasteiger partial charge in [-0.25, -0.2) is 4.98 Å². The van der Waals surface area contributed by atoms with Crippen molar-refractivity contribution < 1.29 is 0 Å². The van der Waals surface area contributed by atoms with Crippen LogP contribution in [0.3, 0.4) is 0 Å². The van der Waals surface area contributed by atoms with Crippen LogP contribution >= 0.6 is 11.8 Å². The first-order chi connectivity index (χ1) is 8.43. The van der Waals surface area contributed by atoms with Crippen molar-refractivity contribution >= 4 is 11.8 Å². The van der Waals surface area contributed by atoms with Gasteiger partial charge in [0, 0.05) is 11.4 Å². The standard InChI is InChI=1S/C15H15NS/c1-2-8-13-12(6-1)7-5-9-14(13)17-15-10-3-4-11-16-15/h1-4,6,8,10-11,14H,5,7,9H2. The Morgan fingerprint density at radius 3 is 2.82 bits per heavy atom. The minimum Gasteiger partial charge on any atom is -0.250 e. The number of fused-ring (bicyclic) bond motifs is 1. The van der Waals surface area contributed by atoms with E-state index in [0.717, 1.165) is 5.03 Å². The number of hydrogen-bond acceptors (Lipinski definition) is 2. The molecule has 1 nitrogen and oxygen atoms in total. The first-order valence-electron chi connectivity index (χ1n) is 6.09. The monoisotopic (exact) mass is 241 g/mol. The molecule has 2 aromatic rings. The van der Waals surface area contributed by atoms with Crippen molar-refractivity contribution in [3.05, 3.63) is 59.8 Å². The highest BCUT2D eigenvalue weighted by atomic mass is 32.2. The van der Waals surface area contributed by atoms with Crippen molar-refractivity contribution in [1.82, 2.24) is 4.98 Å². The number of pyridine rings is 1. The summed E-state index contributed by atoms with van der Waals surface area (Å²) in [5, 5.41) is 1.71. The molecule has 1 aliphatic rings. The fourth-order valence-corrected chi connectivity index (χ4v) is 3.61. The zero-order valence-electron chi connectivity index (χ0n) is 9.67. The van der Waals surface area contributed by atoms with Gasteiger partial charge in [0.2, 0.25) is 0 Å². The maximum absolute atomic E-state index is 4.41. The molecule has 0 fully saturated rings. The molecule has 1 aliphatic carbocycles. The fourth-order valence-electron chi connectivity index (χ4n) is 2.39. The molecule has 86 valence electrons. The van der Waals surface area contributed by atoms with Crippen molar-refractivity contribution in [3.63, 3.8) is 0 Å². The third kappa shape index (κ3) is 2.37. The smallest absolute Gasteiger partial charge is 0.0965 e. The molecule has 0 saturated heterocycles. The predicted molar refractivity (Wildman–Crippen MR) is 72.2 cm³/mol. The van der Waals surface area contributed by atoms with Crippen LogP contribution in [0.2, 0.25) is 0 Å². The topological polar surface area (TPSA) is 12.9 Å². The molecule has 17 heavy (non-hydrogen) atoms. The van der Waals surface area contributed by atoms with Crippen molar-refractivity contribution in [1.29, 1.82) is 0 Å². The maximum Gasteiger partial charge on any atom is 0.0965 e. The summed E-state index contributed by atoms with van der Waals surface area (Å²) in [6.07, 6.45) is 5.66. The first-order valence-corrected chi connectivity index (χ1v) is 6.97. The molecule has 0 aliphatic heterocycles. The van der Waals surface area contributed by atoms with Gasteiger partial charge < -0.3 is 0 Å². The Kier molecular flexibility index (Phi) is 3.14. The van der Waals surface area contributed by atoms with Gasteiger partial charge >= 0.3 is 0 Å². The molecular weight excluding hydrogens is 226 g/mol. The van der Waals surface area contributed by atoms with Crippen molar-refractivity contribution in [2.45, 2.75) is 29.5 Å². The normalized spacial score (nSPS) is 18.7. The zero-order valence-corrected chi connectivity index (χ0v) is 10.5. The van der Waals surface area contributed by atoms with Gasteiger partial charge in [0.15, 0.2) is 0 Å². The summed E-state index contributed by atoms with van der Waals surface area (Å²) < 4.78 is 0. The Bertz CT molecular complexity index is 495. The largest absolute Gasteiger partial charge is 0.250 e. The van der Waals surface area contributed by atoms with Crippen molar-refractivity contribution in [2.24, 2.45) is 0 Å². The van der Waals surface area contributed by atoms with E-state index in [2.05, 4.69) is 41.4 Å². The number of nitrogens with zero attached hydrogens (tertiary/aromatic N) is 1. The molecule has 0 saturated carbocycles.